The Morgan fingerprint density at radius 3 is 2.23 bits per heavy atom. The smallest absolute Gasteiger partial charge is 0.253 e. The SMILES string of the molecule is O=C(N[C@H](C(=O)N1CCCC1)C1CCN(C(=O)c2ccc3c(c2)OCO3)CC1)c1ccc(F)cc1. The summed E-state index contributed by atoms with van der Waals surface area (Å²) in [5.74, 6) is 0.0735. The van der Waals surface area contributed by atoms with Crippen molar-refractivity contribution in [1.29, 1.82) is 0 Å². The Morgan fingerprint density at radius 1 is 0.857 bits per heavy atom. The van der Waals surface area contributed by atoms with Gasteiger partial charge in [0.05, 0.1) is 0 Å². The van der Waals surface area contributed by atoms with Gasteiger partial charge in [0.25, 0.3) is 11.8 Å². The topological polar surface area (TPSA) is 88.2 Å². The average molecular weight is 482 g/mol. The molecule has 8 nitrogen and oxygen atoms in total. The van der Waals surface area contributed by atoms with E-state index < -0.39 is 17.8 Å². The largest absolute Gasteiger partial charge is 0.454 e. The molecular formula is C26H28FN3O5. The van der Waals surface area contributed by atoms with Crippen LogP contribution in [0.25, 0.3) is 0 Å². The molecule has 2 saturated heterocycles. The molecule has 1 atom stereocenters. The molecule has 184 valence electrons. The molecular weight excluding hydrogens is 453 g/mol. The number of halogens is 1. The van der Waals surface area contributed by atoms with Gasteiger partial charge in [-0.3, -0.25) is 14.4 Å². The number of nitrogens with one attached hydrogen (secondary N) is 1. The Balaban J connectivity index is 1.27. The first-order valence-electron chi connectivity index (χ1n) is 12.0. The molecule has 9 heteroatoms. The molecule has 1 N–H and O–H groups in total. The maximum Gasteiger partial charge on any atom is 0.253 e. The zero-order valence-corrected chi connectivity index (χ0v) is 19.4. The number of hydrogen-bond acceptors (Lipinski definition) is 5. The second-order valence-electron chi connectivity index (χ2n) is 9.19. The van der Waals surface area contributed by atoms with Crippen LogP contribution >= 0.6 is 0 Å². The number of likely N-dealkylation sites (tertiary alicyclic amines) is 2. The predicted octanol–water partition coefficient (Wildman–Crippen LogP) is 2.83. The molecule has 3 heterocycles. The molecule has 0 aromatic heterocycles. The third-order valence-corrected chi connectivity index (χ3v) is 6.99. The van der Waals surface area contributed by atoms with E-state index in [4.69, 9.17) is 9.47 Å². The van der Waals surface area contributed by atoms with Gasteiger partial charge in [-0.05, 0) is 74.1 Å². The predicted molar refractivity (Wildman–Crippen MR) is 125 cm³/mol. The fraction of sp³-hybridized carbons (Fsp3) is 0.423. The monoisotopic (exact) mass is 481 g/mol. The molecule has 3 aliphatic rings. The summed E-state index contributed by atoms with van der Waals surface area (Å²) >= 11 is 0. The minimum Gasteiger partial charge on any atom is -0.454 e. The van der Waals surface area contributed by atoms with Crippen LogP contribution < -0.4 is 14.8 Å². The van der Waals surface area contributed by atoms with E-state index in [0.717, 1.165) is 12.8 Å². The summed E-state index contributed by atoms with van der Waals surface area (Å²) in [5, 5.41) is 2.92. The van der Waals surface area contributed by atoms with Crippen LogP contribution in [0, 0.1) is 11.7 Å². The molecule has 0 unspecified atom stereocenters. The highest BCUT2D eigenvalue weighted by Gasteiger charge is 2.37. The van der Waals surface area contributed by atoms with Gasteiger partial charge in [0.1, 0.15) is 11.9 Å². The van der Waals surface area contributed by atoms with Crippen LogP contribution in [-0.4, -0.2) is 66.5 Å². The number of nitrogens with zero attached hydrogens (tertiary/aromatic N) is 2. The summed E-state index contributed by atoms with van der Waals surface area (Å²) in [6.07, 6.45) is 3.08. The Labute approximate surface area is 203 Å². The van der Waals surface area contributed by atoms with E-state index in [1.165, 1.54) is 24.3 Å². The van der Waals surface area contributed by atoms with E-state index in [1.54, 1.807) is 28.0 Å². The van der Waals surface area contributed by atoms with Crippen molar-refractivity contribution >= 4 is 17.7 Å². The van der Waals surface area contributed by atoms with Gasteiger partial charge in [-0.1, -0.05) is 0 Å². The average Bonchev–Trinajstić information content (AvgIpc) is 3.59. The first-order valence-corrected chi connectivity index (χ1v) is 12.0. The number of hydrogen-bond donors (Lipinski definition) is 1. The summed E-state index contributed by atoms with van der Waals surface area (Å²) in [6.45, 7) is 2.48. The van der Waals surface area contributed by atoms with Crippen molar-refractivity contribution in [1.82, 2.24) is 15.1 Å². The number of amides is 3. The van der Waals surface area contributed by atoms with Crippen LogP contribution in [-0.2, 0) is 4.79 Å². The van der Waals surface area contributed by atoms with E-state index in [0.29, 0.717) is 61.6 Å². The van der Waals surface area contributed by atoms with Crippen LogP contribution in [0.5, 0.6) is 11.5 Å². The molecule has 0 aliphatic carbocycles. The zero-order chi connectivity index (χ0) is 24.4. The minimum atomic E-state index is -0.687. The van der Waals surface area contributed by atoms with Crippen LogP contribution in [0.15, 0.2) is 42.5 Å². The standard InChI is InChI=1S/C26H28FN3O5/c27-20-6-3-18(4-7-20)24(31)28-23(26(33)29-11-1-2-12-29)17-9-13-30(14-10-17)25(32)19-5-8-21-22(15-19)35-16-34-21/h3-8,15,17,23H,1-2,9-14,16H2,(H,28,31)/t23-/m0/s1. The van der Waals surface area contributed by atoms with Crippen LogP contribution in [0.3, 0.4) is 0 Å². The van der Waals surface area contributed by atoms with Gasteiger partial charge in [-0.2, -0.15) is 0 Å². The quantitative estimate of drug-likeness (QED) is 0.710. The van der Waals surface area contributed by atoms with E-state index >= 15 is 0 Å². The minimum absolute atomic E-state index is 0.0847. The number of fused-ring (bicyclic) bond motifs is 1. The molecule has 0 bridgehead atoms. The normalized spacial score (nSPS) is 18.4. The number of rotatable bonds is 5. The fourth-order valence-corrected chi connectivity index (χ4v) is 4.99. The van der Waals surface area contributed by atoms with E-state index in [1.807, 2.05) is 0 Å². The summed E-state index contributed by atoms with van der Waals surface area (Å²) in [4.78, 5) is 42.9. The summed E-state index contributed by atoms with van der Waals surface area (Å²) in [7, 11) is 0. The number of carbonyl (C=O) groups is 3. The summed E-state index contributed by atoms with van der Waals surface area (Å²) < 4.78 is 24.0. The van der Waals surface area contributed by atoms with E-state index in [-0.39, 0.29) is 24.5 Å². The third kappa shape index (κ3) is 4.94. The van der Waals surface area contributed by atoms with Crippen LogP contribution in [0.2, 0.25) is 0 Å². The van der Waals surface area contributed by atoms with Crippen molar-refractivity contribution in [3.05, 3.63) is 59.4 Å². The van der Waals surface area contributed by atoms with Gasteiger partial charge < -0.3 is 24.6 Å². The molecule has 0 spiro atoms. The van der Waals surface area contributed by atoms with Crippen molar-refractivity contribution < 1.29 is 28.2 Å². The highest BCUT2D eigenvalue weighted by molar-refractivity contribution is 5.98. The first-order chi connectivity index (χ1) is 17.0. The molecule has 3 amide bonds. The third-order valence-electron chi connectivity index (χ3n) is 6.99. The molecule has 5 rings (SSSR count). The van der Waals surface area contributed by atoms with Crippen molar-refractivity contribution in [3.8, 4) is 11.5 Å². The van der Waals surface area contributed by atoms with Crippen LogP contribution in [0.4, 0.5) is 4.39 Å². The number of ether oxygens (including phenoxy) is 2. The van der Waals surface area contributed by atoms with Crippen molar-refractivity contribution in [2.45, 2.75) is 31.7 Å². The van der Waals surface area contributed by atoms with Gasteiger partial charge in [0.2, 0.25) is 12.7 Å². The molecule has 2 fully saturated rings. The maximum atomic E-state index is 13.4. The van der Waals surface area contributed by atoms with Gasteiger partial charge in [0, 0.05) is 37.3 Å². The Kier molecular flexibility index (Phi) is 6.57. The van der Waals surface area contributed by atoms with Crippen molar-refractivity contribution in [2.24, 2.45) is 5.92 Å². The lowest BCUT2D eigenvalue weighted by Crippen LogP contribution is -2.54. The lowest BCUT2D eigenvalue weighted by molar-refractivity contribution is -0.134. The fourth-order valence-electron chi connectivity index (χ4n) is 4.99. The second kappa shape index (κ2) is 9.93. The Morgan fingerprint density at radius 2 is 1.51 bits per heavy atom. The van der Waals surface area contributed by atoms with Gasteiger partial charge in [0.15, 0.2) is 11.5 Å². The van der Waals surface area contributed by atoms with Crippen molar-refractivity contribution in [2.75, 3.05) is 33.0 Å². The molecule has 2 aromatic rings. The summed E-state index contributed by atoms with van der Waals surface area (Å²) in [5.41, 5.74) is 0.836. The number of carbonyl (C=O) groups excluding carboxylic acids is 3. The van der Waals surface area contributed by atoms with Gasteiger partial charge in [-0.25, -0.2) is 4.39 Å². The van der Waals surface area contributed by atoms with Crippen LogP contribution in [0.1, 0.15) is 46.4 Å². The lowest BCUT2D eigenvalue weighted by atomic mass is 9.88. The van der Waals surface area contributed by atoms with Gasteiger partial charge >= 0.3 is 0 Å². The number of piperidine rings is 1. The molecule has 3 aliphatic heterocycles. The zero-order valence-electron chi connectivity index (χ0n) is 19.4. The molecule has 2 aromatic carbocycles. The molecule has 0 radical (unpaired) electrons. The number of benzene rings is 2. The lowest BCUT2D eigenvalue weighted by Gasteiger charge is -2.37. The van der Waals surface area contributed by atoms with Gasteiger partial charge in [-0.15, -0.1) is 0 Å². The van der Waals surface area contributed by atoms with E-state index in [9.17, 15) is 18.8 Å². The highest BCUT2D eigenvalue weighted by Crippen LogP contribution is 2.33. The Bertz CT molecular complexity index is 1110. The van der Waals surface area contributed by atoms with E-state index in [2.05, 4.69) is 5.32 Å². The first kappa shape index (κ1) is 23.1. The molecule has 35 heavy (non-hydrogen) atoms. The Hall–Kier alpha value is -3.62. The summed E-state index contributed by atoms with van der Waals surface area (Å²) in [6, 6.07) is 9.75. The highest BCUT2D eigenvalue weighted by atomic mass is 19.1. The molecule has 0 saturated carbocycles. The second-order valence-corrected chi connectivity index (χ2v) is 9.19. The maximum absolute atomic E-state index is 13.4. The van der Waals surface area contributed by atoms with Crippen molar-refractivity contribution in [3.63, 3.8) is 0 Å².